The minimum atomic E-state index is 0.978. The van der Waals surface area contributed by atoms with Crippen molar-refractivity contribution in [1.82, 2.24) is 15.0 Å². The summed E-state index contributed by atoms with van der Waals surface area (Å²) in [6, 6.07) is 0. The van der Waals surface area contributed by atoms with Gasteiger partial charge < -0.3 is 5.92 Å². The molecule has 0 saturated heterocycles. The van der Waals surface area contributed by atoms with E-state index < -0.39 is 0 Å². The Morgan fingerprint density at radius 3 is 2.75 bits per heavy atom. The highest BCUT2D eigenvalue weighted by Gasteiger charge is 1.92. The van der Waals surface area contributed by atoms with Crippen LogP contribution in [0.4, 0.5) is 0 Å². The summed E-state index contributed by atoms with van der Waals surface area (Å²) in [5, 5.41) is 7.89. The molecule has 0 unspecified atom stereocenters. The number of aromatic nitrogens is 3. The van der Waals surface area contributed by atoms with Crippen LogP contribution in [0.5, 0.6) is 0 Å². The molecule has 0 aliphatic carbocycles. The van der Waals surface area contributed by atoms with Gasteiger partial charge in [-0.25, -0.2) is 0 Å². The Morgan fingerprint density at radius 2 is 2.25 bits per heavy atom. The van der Waals surface area contributed by atoms with E-state index in [-0.39, 0.29) is 0 Å². The largest absolute Gasteiger partial charge is 0.320 e. The molecule has 0 aliphatic rings. The summed E-state index contributed by atoms with van der Waals surface area (Å²) in [4.78, 5) is 0. The van der Waals surface area contributed by atoms with Gasteiger partial charge in [0.1, 0.15) is 0 Å². The van der Waals surface area contributed by atoms with E-state index in [4.69, 9.17) is 0 Å². The summed E-state index contributed by atoms with van der Waals surface area (Å²) < 4.78 is 1.90. The molecule has 1 rings (SSSR count). The molecular formula is C9H16N3-. The highest BCUT2D eigenvalue weighted by atomic mass is 15.4. The van der Waals surface area contributed by atoms with Crippen molar-refractivity contribution in [2.45, 2.75) is 40.2 Å². The van der Waals surface area contributed by atoms with E-state index in [9.17, 15) is 0 Å². The lowest BCUT2D eigenvalue weighted by atomic mass is 10.1. The van der Waals surface area contributed by atoms with Crippen molar-refractivity contribution in [2.75, 3.05) is 0 Å². The van der Waals surface area contributed by atoms with Gasteiger partial charge in [0, 0.05) is 12.7 Å². The molecule has 1 aromatic heterocycles. The summed E-state index contributed by atoms with van der Waals surface area (Å²) >= 11 is 0. The lowest BCUT2D eigenvalue weighted by Crippen LogP contribution is -1.99. The smallest absolute Gasteiger partial charge is 0.0796 e. The molecule has 0 N–H and O–H groups in total. The molecule has 1 heterocycles. The van der Waals surface area contributed by atoms with Crippen molar-refractivity contribution < 1.29 is 0 Å². The molecule has 3 heteroatoms. The quantitative estimate of drug-likeness (QED) is 0.640. The Kier molecular flexibility index (Phi) is 3.26. The van der Waals surface area contributed by atoms with Gasteiger partial charge in [-0.2, -0.15) is 20.3 Å². The van der Waals surface area contributed by atoms with Crippen LogP contribution in [0.25, 0.3) is 0 Å². The predicted octanol–water partition coefficient (Wildman–Crippen LogP) is 1.98. The average Bonchev–Trinajstić information content (AvgIpc) is 2.35. The summed E-state index contributed by atoms with van der Waals surface area (Å²) in [6.07, 6.45) is 4.31. The monoisotopic (exact) mass is 166 g/mol. The minimum absolute atomic E-state index is 0.978. The second-order valence-electron chi connectivity index (χ2n) is 3.43. The van der Waals surface area contributed by atoms with Crippen LogP contribution in [0.1, 0.15) is 32.4 Å². The Morgan fingerprint density at radius 1 is 1.50 bits per heavy atom. The van der Waals surface area contributed by atoms with E-state index in [2.05, 4.69) is 24.2 Å². The van der Waals surface area contributed by atoms with E-state index in [0.29, 0.717) is 0 Å². The van der Waals surface area contributed by atoms with Gasteiger partial charge in [0.25, 0.3) is 0 Å². The maximum absolute atomic E-state index is 3.97. The number of hydrogen-bond acceptors (Lipinski definition) is 2. The Hall–Kier alpha value is -0.860. The van der Waals surface area contributed by atoms with Gasteiger partial charge in [-0.05, 0) is 6.92 Å². The number of nitrogens with zero attached hydrogens (tertiary/aromatic N) is 3. The molecular weight excluding hydrogens is 150 g/mol. The fourth-order valence-corrected chi connectivity index (χ4v) is 1.10. The van der Waals surface area contributed by atoms with Crippen LogP contribution in [0.2, 0.25) is 0 Å². The van der Waals surface area contributed by atoms with Gasteiger partial charge in [0.05, 0.1) is 5.69 Å². The van der Waals surface area contributed by atoms with E-state index in [1.54, 1.807) is 0 Å². The number of rotatable bonds is 4. The van der Waals surface area contributed by atoms with Gasteiger partial charge in [-0.15, -0.1) is 5.10 Å². The average molecular weight is 166 g/mol. The second-order valence-corrected chi connectivity index (χ2v) is 3.43. The number of hydrogen-bond donors (Lipinski definition) is 0. The van der Waals surface area contributed by atoms with Gasteiger partial charge in [-0.3, -0.25) is 4.68 Å². The summed E-state index contributed by atoms with van der Waals surface area (Å²) in [5.74, 6) is 1.48. The molecule has 0 saturated carbocycles. The van der Waals surface area contributed by atoms with Crippen molar-refractivity contribution in [2.24, 2.45) is 0 Å². The zero-order valence-electron chi connectivity index (χ0n) is 8.04. The first kappa shape index (κ1) is 9.23. The SMILES string of the molecule is Cc1cn(CCC[C-](C)C)nn1. The van der Waals surface area contributed by atoms with Crippen molar-refractivity contribution >= 4 is 0 Å². The Balaban J connectivity index is 2.24. The standard InChI is InChI=1S/C9H16N3/c1-8(2)5-4-6-12-7-9(3)10-11-12/h7H,4-6H2,1-3H3/q-1. The van der Waals surface area contributed by atoms with E-state index in [0.717, 1.165) is 18.7 Å². The maximum Gasteiger partial charge on any atom is 0.0796 e. The van der Waals surface area contributed by atoms with Crippen LogP contribution < -0.4 is 0 Å². The van der Waals surface area contributed by atoms with Crippen LogP contribution in [-0.2, 0) is 6.54 Å². The van der Waals surface area contributed by atoms with Gasteiger partial charge in [0.15, 0.2) is 0 Å². The van der Waals surface area contributed by atoms with E-state index >= 15 is 0 Å². The van der Waals surface area contributed by atoms with E-state index in [1.165, 1.54) is 12.3 Å². The molecule has 0 amide bonds. The molecule has 0 spiro atoms. The van der Waals surface area contributed by atoms with Crippen molar-refractivity contribution in [1.29, 1.82) is 0 Å². The lowest BCUT2D eigenvalue weighted by molar-refractivity contribution is 0.546. The molecule has 0 radical (unpaired) electrons. The highest BCUT2D eigenvalue weighted by Crippen LogP contribution is 2.06. The van der Waals surface area contributed by atoms with Gasteiger partial charge in [0.2, 0.25) is 0 Å². The lowest BCUT2D eigenvalue weighted by Gasteiger charge is -2.15. The third kappa shape index (κ3) is 3.03. The Labute approximate surface area is 73.8 Å². The third-order valence-corrected chi connectivity index (χ3v) is 1.72. The predicted molar refractivity (Wildman–Crippen MR) is 48.6 cm³/mol. The molecule has 68 valence electrons. The molecule has 3 nitrogen and oxygen atoms in total. The highest BCUT2D eigenvalue weighted by molar-refractivity contribution is 4.86. The first-order valence-corrected chi connectivity index (χ1v) is 4.34. The molecule has 0 aromatic carbocycles. The maximum atomic E-state index is 3.97. The normalized spacial score (nSPS) is 11.0. The molecule has 0 bridgehead atoms. The van der Waals surface area contributed by atoms with Crippen molar-refractivity contribution in [3.05, 3.63) is 17.8 Å². The van der Waals surface area contributed by atoms with E-state index in [1.807, 2.05) is 17.8 Å². The van der Waals surface area contributed by atoms with Gasteiger partial charge in [-0.1, -0.05) is 11.6 Å². The molecule has 0 fully saturated rings. The minimum Gasteiger partial charge on any atom is -0.320 e. The molecule has 1 aromatic rings. The summed E-state index contributed by atoms with van der Waals surface area (Å²) in [7, 11) is 0. The second kappa shape index (κ2) is 4.24. The summed E-state index contributed by atoms with van der Waals surface area (Å²) in [6.45, 7) is 7.26. The van der Waals surface area contributed by atoms with Crippen molar-refractivity contribution in [3.8, 4) is 0 Å². The number of aryl methyl sites for hydroxylation is 2. The zero-order chi connectivity index (χ0) is 8.97. The first-order valence-electron chi connectivity index (χ1n) is 4.34. The van der Waals surface area contributed by atoms with Crippen LogP contribution in [0.3, 0.4) is 0 Å². The third-order valence-electron chi connectivity index (χ3n) is 1.72. The van der Waals surface area contributed by atoms with Crippen LogP contribution in [-0.4, -0.2) is 15.0 Å². The van der Waals surface area contributed by atoms with Crippen LogP contribution in [0.15, 0.2) is 6.20 Å². The first-order chi connectivity index (χ1) is 5.68. The topological polar surface area (TPSA) is 30.7 Å². The molecule has 0 aliphatic heterocycles. The van der Waals surface area contributed by atoms with Crippen LogP contribution >= 0.6 is 0 Å². The summed E-state index contributed by atoms with van der Waals surface area (Å²) in [5.41, 5.74) is 0.993. The Bertz CT molecular complexity index is 227. The van der Waals surface area contributed by atoms with Crippen molar-refractivity contribution in [3.63, 3.8) is 0 Å². The molecule has 0 atom stereocenters. The van der Waals surface area contributed by atoms with Crippen LogP contribution in [0, 0.1) is 12.8 Å². The van der Waals surface area contributed by atoms with Gasteiger partial charge >= 0.3 is 0 Å². The fourth-order valence-electron chi connectivity index (χ4n) is 1.10. The molecule has 12 heavy (non-hydrogen) atoms. The zero-order valence-corrected chi connectivity index (χ0v) is 8.04. The fraction of sp³-hybridized carbons (Fsp3) is 0.667.